The van der Waals surface area contributed by atoms with Gasteiger partial charge in [0, 0.05) is 5.92 Å². The van der Waals surface area contributed by atoms with Crippen LogP contribution in [0.1, 0.15) is 97.4 Å². The van der Waals surface area contributed by atoms with Gasteiger partial charge < -0.3 is 0 Å². The molecule has 0 amide bonds. The molecular formula is C18H33N3. The molecule has 0 saturated heterocycles. The molecule has 1 atom stereocenters. The normalized spacial score (nSPS) is 20.8. The first-order valence-corrected chi connectivity index (χ1v) is 8.78. The Labute approximate surface area is 130 Å². The molecule has 1 aromatic heterocycles. The lowest BCUT2D eigenvalue weighted by molar-refractivity contribution is 0.245. The Balaban J connectivity index is 2.49. The highest BCUT2D eigenvalue weighted by molar-refractivity contribution is 5.20. The number of rotatable bonds is 4. The lowest BCUT2D eigenvalue weighted by atomic mass is 9.71. The second kappa shape index (κ2) is 6.10. The molecule has 120 valence electrons. The summed E-state index contributed by atoms with van der Waals surface area (Å²) in [6.07, 6.45) is 8.64. The van der Waals surface area contributed by atoms with E-state index in [0.717, 1.165) is 12.8 Å². The van der Waals surface area contributed by atoms with Crippen LogP contribution in [0.5, 0.6) is 0 Å². The zero-order valence-corrected chi connectivity index (χ0v) is 14.9. The van der Waals surface area contributed by atoms with E-state index >= 15 is 0 Å². The van der Waals surface area contributed by atoms with E-state index < -0.39 is 0 Å². The first kappa shape index (κ1) is 16.5. The van der Waals surface area contributed by atoms with Crippen LogP contribution in [-0.2, 0) is 12.0 Å². The predicted octanol–water partition coefficient (Wildman–Crippen LogP) is 5.06. The van der Waals surface area contributed by atoms with Gasteiger partial charge in [-0.25, -0.2) is 4.68 Å². The SMILES string of the molecule is CCC(C)(C)C1CCCCCc2c1nnn2C(C)(C)CC. The van der Waals surface area contributed by atoms with Crippen molar-refractivity contribution in [3.63, 3.8) is 0 Å². The molecule has 1 heterocycles. The van der Waals surface area contributed by atoms with Crippen molar-refractivity contribution in [1.82, 2.24) is 15.0 Å². The summed E-state index contributed by atoms with van der Waals surface area (Å²) in [7, 11) is 0. The molecule has 2 rings (SSSR count). The summed E-state index contributed by atoms with van der Waals surface area (Å²) in [5, 5.41) is 9.27. The minimum absolute atomic E-state index is 0.0701. The van der Waals surface area contributed by atoms with Crippen molar-refractivity contribution in [3.8, 4) is 0 Å². The Hall–Kier alpha value is -0.860. The maximum Gasteiger partial charge on any atom is 0.0895 e. The molecule has 21 heavy (non-hydrogen) atoms. The van der Waals surface area contributed by atoms with Crippen molar-refractivity contribution < 1.29 is 0 Å². The van der Waals surface area contributed by atoms with Gasteiger partial charge in [0.25, 0.3) is 0 Å². The summed E-state index contributed by atoms with van der Waals surface area (Å²) in [5.74, 6) is 0.555. The van der Waals surface area contributed by atoms with Crippen LogP contribution in [-0.4, -0.2) is 15.0 Å². The smallest absolute Gasteiger partial charge is 0.0895 e. The molecule has 0 aromatic carbocycles. The summed E-state index contributed by atoms with van der Waals surface area (Å²) in [6, 6.07) is 0. The average molecular weight is 291 g/mol. The summed E-state index contributed by atoms with van der Waals surface area (Å²) in [6.45, 7) is 13.9. The standard InChI is InChI=1S/C18H33N3/c1-7-17(3,4)14-12-10-9-11-13-15-16(14)19-20-21(15)18(5,6)8-2/h14H,7-13H2,1-6H3. The van der Waals surface area contributed by atoms with E-state index in [1.807, 2.05) is 0 Å². The number of fused-ring (bicyclic) bond motifs is 1. The van der Waals surface area contributed by atoms with Gasteiger partial charge >= 0.3 is 0 Å². The monoisotopic (exact) mass is 291 g/mol. The van der Waals surface area contributed by atoms with Crippen molar-refractivity contribution >= 4 is 0 Å². The van der Waals surface area contributed by atoms with Crippen molar-refractivity contribution in [2.45, 2.75) is 97.9 Å². The van der Waals surface area contributed by atoms with Gasteiger partial charge in [0.2, 0.25) is 0 Å². The third-order valence-electron chi connectivity index (χ3n) is 5.82. The number of hydrogen-bond donors (Lipinski definition) is 0. The molecule has 3 heteroatoms. The van der Waals surface area contributed by atoms with Crippen LogP contribution in [0.3, 0.4) is 0 Å². The second-order valence-electron chi connectivity index (χ2n) is 7.99. The molecule has 1 aliphatic carbocycles. The van der Waals surface area contributed by atoms with Gasteiger partial charge in [0.05, 0.1) is 16.9 Å². The predicted molar refractivity (Wildman–Crippen MR) is 88.6 cm³/mol. The lowest BCUT2D eigenvalue weighted by Gasteiger charge is -2.34. The maximum absolute atomic E-state index is 4.68. The zero-order valence-electron chi connectivity index (χ0n) is 14.9. The summed E-state index contributed by atoms with van der Waals surface area (Å²) in [5.41, 5.74) is 3.08. The van der Waals surface area contributed by atoms with Gasteiger partial charge in [0.15, 0.2) is 0 Å². The summed E-state index contributed by atoms with van der Waals surface area (Å²) < 4.78 is 2.23. The van der Waals surface area contributed by atoms with Gasteiger partial charge in [-0.3, -0.25) is 0 Å². The van der Waals surface area contributed by atoms with Gasteiger partial charge in [-0.1, -0.05) is 52.2 Å². The Kier molecular flexibility index (Phi) is 4.79. The van der Waals surface area contributed by atoms with Crippen LogP contribution in [0.15, 0.2) is 0 Å². The zero-order chi connectivity index (χ0) is 15.7. The van der Waals surface area contributed by atoms with E-state index in [4.69, 9.17) is 0 Å². The third kappa shape index (κ3) is 3.17. The summed E-state index contributed by atoms with van der Waals surface area (Å²) >= 11 is 0. The molecule has 0 radical (unpaired) electrons. The Morgan fingerprint density at radius 1 is 1.05 bits per heavy atom. The van der Waals surface area contributed by atoms with E-state index in [-0.39, 0.29) is 5.54 Å². The Morgan fingerprint density at radius 2 is 1.76 bits per heavy atom. The van der Waals surface area contributed by atoms with Crippen molar-refractivity contribution in [3.05, 3.63) is 11.4 Å². The fourth-order valence-electron chi connectivity index (χ4n) is 3.42. The molecule has 0 bridgehead atoms. The minimum Gasteiger partial charge on any atom is -0.244 e. The van der Waals surface area contributed by atoms with Gasteiger partial charge in [-0.15, -0.1) is 5.10 Å². The first-order valence-electron chi connectivity index (χ1n) is 8.78. The van der Waals surface area contributed by atoms with E-state index in [0.29, 0.717) is 11.3 Å². The molecular weight excluding hydrogens is 258 g/mol. The van der Waals surface area contributed by atoms with E-state index in [2.05, 4.69) is 56.5 Å². The fraction of sp³-hybridized carbons (Fsp3) is 0.889. The van der Waals surface area contributed by atoms with Crippen LogP contribution in [0.4, 0.5) is 0 Å². The largest absolute Gasteiger partial charge is 0.244 e. The highest BCUT2D eigenvalue weighted by atomic mass is 15.5. The molecule has 1 aromatic rings. The Morgan fingerprint density at radius 3 is 2.38 bits per heavy atom. The van der Waals surface area contributed by atoms with E-state index in [9.17, 15) is 0 Å². The van der Waals surface area contributed by atoms with Crippen LogP contribution in [0, 0.1) is 5.41 Å². The quantitative estimate of drug-likeness (QED) is 0.776. The molecule has 0 spiro atoms. The maximum atomic E-state index is 4.68. The number of hydrogen-bond acceptors (Lipinski definition) is 2. The molecule has 1 aliphatic rings. The van der Waals surface area contributed by atoms with Gasteiger partial charge in [-0.05, 0) is 44.9 Å². The molecule has 0 aliphatic heterocycles. The second-order valence-corrected chi connectivity index (χ2v) is 7.99. The molecule has 3 nitrogen and oxygen atoms in total. The van der Waals surface area contributed by atoms with Crippen molar-refractivity contribution in [2.75, 3.05) is 0 Å². The third-order valence-corrected chi connectivity index (χ3v) is 5.82. The van der Waals surface area contributed by atoms with E-state index in [1.54, 1.807) is 0 Å². The molecule has 0 fully saturated rings. The first-order chi connectivity index (χ1) is 9.83. The molecule has 0 saturated carbocycles. The minimum atomic E-state index is 0.0701. The number of aromatic nitrogens is 3. The van der Waals surface area contributed by atoms with Crippen LogP contribution >= 0.6 is 0 Å². The highest BCUT2D eigenvalue weighted by Gasteiger charge is 2.36. The van der Waals surface area contributed by atoms with Crippen molar-refractivity contribution in [1.29, 1.82) is 0 Å². The van der Waals surface area contributed by atoms with Crippen molar-refractivity contribution in [2.24, 2.45) is 5.41 Å². The highest BCUT2D eigenvalue weighted by Crippen LogP contribution is 2.44. The topological polar surface area (TPSA) is 30.7 Å². The lowest BCUT2D eigenvalue weighted by Crippen LogP contribution is -2.30. The van der Waals surface area contributed by atoms with Crippen LogP contribution < -0.4 is 0 Å². The number of nitrogens with zero attached hydrogens (tertiary/aromatic N) is 3. The molecule has 1 unspecified atom stereocenters. The van der Waals surface area contributed by atoms with Crippen LogP contribution in [0.25, 0.3) is 0 Å². The molecule has 0 N–H and O–H groups in total. The average Bonchev–Trinajstić information content (AvgIpc) is 2.82. The summed E-state index contributed by atoms with van der Waals surface area (Å²) in [4.78, 5) is 0. The Bertz CT molecular complexity index is 471. The van der Waals surface area contributed by atoms with Gasteiger partial charge in [0.1, 0.15) is 0 Å². The fourth-order valence-corrected chi connectivity index (χ4v) is 3.42. The van der Waals surface area contributed by atoms with Gasteiger partial charge in [-0.2, -0.15) is 0 Å². The van der Waals surface area contributed by atoms with Crippen LogP contribution in [0.2, 0.25) is 0 Å². The van der Waals surface area contributed by atoms with E-state index in [1.165, 1.54) is 43.5 Å².